The van der Waals surface area contributed by atoms with E-state index >= 15 is 0 Å². The third kappa shape index (κ3) is 3.16. The Morgan fingerprint density at radius 1 is 1.53 bits per heavy atom. The molecule has 108 valence electrons. The Hall–Kier alpha value is -0.500. The smallest absolute Gasteiger partial charge is 0.244 e. The first-order chi connectivity index (χ1) is 8.97. The zero-order chi connectivity index (χ0) is 14.0. The number of hydrogen-bond donors (Lipinski definition) is 2. The third-order valence-electron chi connectivity index (χ3n) is 3.43. The molecule has 0 spiro atoms. The van der Waals surface area contributed by atoms with E-state index < -0.39 is 10.0 Å². The minimum absolute atomic E-state index is 0.0214. The third-order valence-corrected chi connectivity index (χ3v) is 6.20. The van der Waals surface area contributed by atoms with Crippen LogP contribution in [0.1, 0.15) is 30.8 Å². The van der Waals surface area contributed by atoms with Crippen LogP contribution in [0.25, 0.3) is 0 Å². The van der Waals surface area contributed by atoms with Crippen LogP contribution in [-0.2, 0) is 16.6 Å². The van der Waals surface area contributed by atoms with Gasteiger partial charge in [-0.15, -0.1) is 0 Å². The van der Waals surface area contributed by atoms with E-state index in [1.54, 1.807) is 18.7 Å². The molecule has 7 heteroatoms. The number of aliphatic hydroxyl groups is 1. The van der Waals surface area contributed by atoms with Crippen LogP contribution in [0.15, 0.2) is 15.4 Å². The molecule has 1 aromatic rings. The second-order valence-electron chi connectivity index (χ2n) is 4.72. The molecule has 0 aliphatic heterocycles. The molecule has 2 rings (SSSR count). The highest BCUT2D eigenvalue weighted by atomic mass is 32.2. The average Bonchev–Trinajstić information content (AvgIpc) is 2.95. The van der Waals surface area contributed by atoms with Gasteiger partial charge in [-0.25, -0.2) is 13.1 Å². The number of rotatable bonds is 5. The fourth-order valence-corrected chi connectivity index (χ4v) is 5.01. The second-order valence-corrected chi connectivity index (χ2v) is 7.48. The van der Waals surface area contributed by atoms with Crippen molar-refractivity contribution in [2.75, 3.05) is 6.26 Å². The molecule has 0 amide bonds. The van der Waals surface area contributed by atoms with Crippen molar-refractivity contribution in [2.24, 2.45) is 0 Å². The van der Waals surface area contributed by atoms with Gasteiger partial charge in [0.2, 0.25) is 10.0 Å². The van der Waals surface area contributed by atoms with Crippen LogP contribution in [0.5, 0.6) is 0 Å². The van der Waals surface area contributed by atoms with Crippen molar-refractivity contribution in [3.63, 3.8) is 0 Å². The fourth-order valence-electron chi connectivity index (χ4n) is 2.47. The Morgan fingerprint density at radius 3 is 2.84 bits per heavy atom. The highest BCUT2D eigenvalue weighted by Crippen LogP contribution is 2.30. The lowest BCUT2D eigenvalue weighted by Gasteiger charge is -2.18. The van der Waals surface area contributed by atoms with Crippen molar-refractivity contribution in [1.82, 2.24) is 4.72 Å². The van der Waals surface area contributed by atoms with E-state index in [1.165, 1.54) is 6.07 Å². The van der Waals surface area contributed by atoms with Gasteiger partial charge in [0.25, 0.3) is 0 Å². The minimum atomic E-state index is -3.57. The van der Waals surface area contributed by atoms with Gasteiger partial charge in [-0.1, -0.05) is 6.42 Å². The zero-order valence-electron chi connectivity index (χ0n) is 11.0. The van der Waals surface area contributed by atoms with Gasteiger partial charge in [-0.05, 0) is 26.0 Å². The molecule has 1 aromatic heterocycles. The monoisotopic (exact) mass is 305 g/mol. The Labute approximate surface area is 117 Å². The van der Waals surface area contributed by atoms with Crippen LogP contribution in [0.4, 0.5) is 0 Å². The maximum Gasteiger partial charge on any atom is 0.244 e. The van der Waals surface area contributed by atoms with Gasteiger partial charge in [0.1, 0.15) is 23.0 Å². The lowest BCUT2D eigenvalue weighted by Crippen LogP contribution is -2.38. The van der Waals surface area contributed by atoms with E-state index in [9.17, 15) is 8.42 Å². The van der Waals surface area contributed by atoms with E-state index in [2.05, 4.69) is 4.72 Å². The zero-order valence-corrected chi connectivity index (χ0v) is 12.7. The van der Waals surface area contributed by atoms with Crippen LogP contribution in [0, 0.1) is 6.92 Å². The van der Waals surface area contributed by atoms with Crippen molar-refractivity contribution < 1.29 is 17.9 Å². The molecule has 0 bridgehead atoms. The molecule has 2 N–H and O–H groups in total. The Balaban J connectivity index is 2.20. The molecular weight excluding hydrogens is 286 g/mol. The van der Waals surface area contributed by atoms with Gasteiger partial charge in [-0.3, -0.25) is 0 Å². The van der Waals surface area contributed by atoms with E-state index in [4.69, 9.17) is 9.52 Å². The van der Waals surface area contributed by atoms with Gasteiger partial charge in [-0.2, -0.15) is 11.8 Å². The molecule has 0 aromatic carbocycles. The summed E-state index contributed by atoms with van der Waals surface area (Å²) in [6, 6.07) is 1.37. The van der Waals surface area contributed by atoms with Crippen molar-refractivity contribution >= 4 is 21.8 Å². The summed E-state index contributed by atoms with van der Waals surface area (Å²) in [7, 11) is -3.57. The minimum Gasteiger partial charge on any atom is -0.462 e. The molecule has 1 aliphatic carbocycles. The number of sulfonamides is 1. The summed E-state index contributed by atoms with van der Waals surface area (Å²) in [6.45, 7) is 1.29. The SMILES string of the molecule is CSC1CCCC1NS(=O)(=O)c1cc(CO)oc1C. The molecule has 0 saturated heterocycles. The van der Waals surface area contributed by atoms with Crippen LogP contribution >= 0.6 is 11.8 Å². The number of aliphatic hydroxyl groups excluding tert-OH is 1. The summed E-state index contributed by atoms with van der Waals surface area (Å²) in [5.41, 5.74) is 0. The molecule has 2 unspecified atom stereocenters. The highest BCUT2D eigenvalue weighted by Gasteiger charge is 2.32. The van der Waals surface area contributed by atoms with Crippen LogP contribution in [-0.4, -0.2) is 31.1 Å². The maximum absolute atomic E-state index is 12.3. The van der Waals surface area contributed by atoms with E-state index in [0.717, 1.165) is 19.3 Å². The lowest BCUT2D eigenvalue weighted by molar-refractivity contribution is 0.244. The number of aryl methyl sites for hydroxylation is 1. The molecular formula is C12H19NO4S2. The summed E-state index contributed by atoms with van der Waals surface area (Å²) in [5.74, 6) is 0.584. The van der Waals surface area contributed by atoms with Gasteiger partial charge in [0, 0.05) is 17.4 Å². The number of hydrogen-bond acceptors (Lipinski definition) is 5. The fraction of sp³-hybridized carbons (Fsp3) is 0.667. The van der Waals surface area contributed by atoms with Gasteiger partial charge >= 0.3 is 0 Å². The van der Waals surface area contributed by atoms with Crippen LogP contribution < -0.4 is 4.72 Å². The van der Waals surface area contributed by atoms with Crippen molar-refractivity contribution in [3.8, 4) is 0 Å². The molecule has 0 radical (unpaired) electrons. The first-order valence-corrected chi connectivity index (χ1v) is 9.00. The first kappa shape index (κ1) is 14.9. The molecule has 1 saturated carbocycles. The average molecular weight is 305 g/mol. The number of nitrogens with one attached hydrogen (secondary N) is 1. The molecule has 1 fully saturated rings. The summed E-state index contributed by atoms with van der Waals surface area (Å²) >= 11 is 1.70. The summed E-state index contributed by atoms with van der Waals surface area (Å²) in [6.07, 6.45) is 4.96. The van der Waals surface area contributed by atoms with E-state index in [0.29, 0.717) is 11.0 Å². The first-order valence-electron chi connectivity index (χ1n) is 6.23. The largest absolute Gasteiger partial charge is 0.462 e. The predicted octanol–water partition coefficient (Wildman–Crippen LogP) is 1.64. The quantitative estimate of drug-likeness (QED) is 0.864. The summed E-state index contributed by atoms with van der Waals surface area (Å²) in [5, 5.41) is 9.33. The second kappa shape index (κ2) is 5.87. The van der Waals surface area contributed by atoms with Crippen molar-refractivity contribution in [3.05, 3.63) is 17.6 Å². The molecule has 5 nitrogen and oxygen atoms in total. The Bertz CT molecular complexity index is 538. The Morgan fingerprint density at radius 2 is 2.26 bits per heavy atom. The summed E-state index contributed by atoms with van der Waals surface area (Å²) in [4.78, 5) is 0.128. The van der Waals surface area contributed by atoms with E-state index in [-0.39, 0.29) is 23.3 Å². The Kier molecular flexibility index (Phi) is 4.60. The number of thioether (sulfide) groups is 1. The van der Waals surface area contributed by atoms with Crippen molar-refractivity contribution in [1.29, 1.82) is 0 Å². The van der Waals surface area contributed by atoms with Gasteiger partial charge < -0.3 is 9.52 Å². The normalized spacial score (nSPS) is 23.9. The standard InChI is InChI=1S/C12H19NO4S2/c1-8-12(6-9(7-14)17-8)19(15,16)13-10-4-3-5-11(10)18-2/h6,10-11,13-14H,3-5,7H2,1-2H3. The molecule has 2 atom stereocenters. The highest BCUT2D eigenvalue weighted by molar-refractivity contribution is 7.99. The molecule has 1 heterocycles. The van der Waals surface area contributed by atoms with Crippen LogP contribution in [0.2, 0.25) is 0 Å². The van der Waals surface area contributed by atoms with Crippen molar-refractivity contribution in [2.45, 2.75) is 49.0 Å². The number of furan rings is 1. The van der Waals surface area contributed by atoms with Gasteiger partial charge in [0.15, 0.2) is 0 Å². The predicted molar refractivity (Wildman–Crippen MR) is 74.6 cm³/mol. The molecule has 19 heavy (non-hydrogen) atoms. The van der Waals surface area contributed by atoms with E-state index in [1.807, 2.05) is 6.26 Å². The lowest BCUT2D eigenvalue weighted by atomic mass is 10.3. The summed E-state index contributed by atoms with van der Waals surface area (Å²) < 4.78 is 32.6. The van der Waals surface area contributed by atoms with Crippen LogP contribution in [0.3, 0.4) is 0 Å². The van der Waals surface area contributed by atoms with Gasteiger partial charge in [0.05, 0.1) is 0 Å². The topological polar surface area (TPSA) is 79.5 Å². The molecule has 1 aliphatic rings. The maximum atomic E-state index is 12.3.